The number of hydrogen-bond acceptors (Lipinski definition) is 0. The van der Waals surface area contributed by atoms with Crippen LogP contribution in [0.2, 0.25) is 0 Å². The molecule has 6 aromatic carbocycles. The predicted molar refractivity (Wildman–Crippen MR) is 227 cm³/mol. The van der Waals surface area contributed by atoms with Gasteiger partial charge >= 0.3 is 0 Å². The molecule has 0 heteroatoms. The highest BCUT2D eigenvalue weighted by Gasteiger charge is 2.39. The van der Waals surface area contributed by atoms with Crippen LogP contribution in [0.5, 0.6) is 0 Å². The van der Waals surface area contributed by atoms with Crippen molar-refractivity contribution in [2.75, 3.05) is 0 Å². The molecule has 9 rings (SSSR count). The molecule has 53 heavy (non-hydrogen) atoms. The first-order valence-corrected chi connectivity index (χ1v) is 19.7. The molecule has 0 bridgehead atoms. The predicted octanol–water partition coefficient (Wildman–Crippen LogP) is 14.5. The van der Waals surface area contributed by atoms with Crippen molar-refractivity contribution in [3.05, 3.63) is 154 Å². The second-order valence-electron chi connectivity index (χ2n) is 19.9. The van der Waals surface area contributed by atoms with Gasteiger partial charge in [0.15, 0.2) is 0 Å². The molecule has 0 saturated carbocycles. The normalized spacial score (nSPS) is 16.8. The van der Waals surface area contributed by atoms with E-state index in [-0.39, 0.29) is 27.1 Å². The fraction of sp³-hybridized carbons (Fsp3) is 0.321. The van der Waals surface area contributed by atoms with Crippen LogP contribution >= 0.6 is 0 Å². The molecular formula is C53H54. The second kappa shape index (κ2) is 10.7. The Morgan fingerprint density at radius 1 is 0.283 bits per heavy atom. The van der Waals surface area contributed by atoms with Crippen molar-refractivity contribution < 1.29 is 0 Å². The number of fused-ring (bicyclic) bond motifs is 9. The largest absolute Gasteiger partial charge is 0.0579 e. The van der Waals surface area contributed by atoms with Gasteiger partial charge in [-0.1, -0.05) is 168 Å². The van der Waals surface area contributed by atoms with Gasteiger partial charge < -0.3 is 0 Å². The van der Waals surface area contributed by atoms with Gasteiger partial charge in [-0.2, -0.15) is 0 Å². The first kappa shape index (κ1) is 34.1. The van der Waals surface area contributed by atoms with Gasteiger partial charge in [0.2, 0.25) is 0 Å². The lowest BCUT2D eigenvalue weighted by Gasteiger charge is -2.26. The summed E-state index contributed by atoms with van der Waals surface area (Å²) in [5.41, 5.74) is 24.9. The number of benzene rings is 6. The minimum Gasteiger partial charge on any atom is -0.0579 e. The standard InChI is InChI=1S/C53H54/c1-49(2,3)35-17-23-41-39-21-15-33(27-45(39)52(9,10)47(41)29-35)31-13-19-37-38-20-14-32(26-44(38)51(7,8)43(37)25-31)34-16-22-40-42-24-18-36(50(4,5)6)30-48(42)53(11,12)46(40)28-34/h13-30H,1-12H3. The zero-order valence-corrected chi connectivity index (χ0v) is 33.9. The van der Waals surface area contributed by atoms with Gasteiger partial charge in [-0.3, -0.25) is 0 Å². The minimum atomic E-state index is -0.109. The maximum absolute atomic E-state index is 2.48. The van der Waals surface area contributed by atoms with E-state index in [4.69, 9.17) is 0 Å². The first-order valence-electron chi connectivity index (χ1n) is 19.7. The zero-order chi connectivity index (χ0) is 37.6. The van der Waals surface area contributed by atoms with E-state index in [1.54, 1.807) is 0 Å². The lowest BCUT2D eigenvalue weighted by molar-refractivity contribution is 0.584. The van der Waals surface area contributed by atoms with E-state index in [1.165, 1.54) is 100 Å². The van der Waals surface area contributed by atoms with Crippen molar-refractivity contribution in [3.8, 4) is 55.6 Å². The van der Waals surface area contributed by atoms with E-state index in [1.807, 2.05) is 0 Å². The Labute approximate surface area is 318 Å². The van der Waals surface area contributed by atoms with Crippen molar-refractivity contribution in [2.24, 2.45) is 0 Å². The number of hydrogen-bond donors (Lipinski definition) is 0. The third kappa shape index (κ3) is 4.87. The topological polar surface area (TPSA) is 0 Å². The minimum absolute atomic E-state index is 0.0461. The quantitative estimate of drug-likeness (QED) is 0.170. The van der Waals surface area contributed by atoms with Crippen molar-refractivity contribution in [2.45, 2.75) is 110 Å². The Morgan fingerprint density at radius 2 is 0.491 bits per heavy atom. The molecule has 0 N–H and O–H groups in total. The van der Waals surface area contributed by atoms with E-state index >= 15 is 0 Å². The molecule has 3 aliphatic rings. The summed E-state index contributed by atoms with van der Waals surface area (Å²) >= 11 is 0. The fourth-order valence-corrected chi connectivity index (χ4v) is 9.86. The highest BCUT2D eigenvalue weighted by Crippen LogP contribution is 2.54. The Bertz CT molecular complexity index is 2360. The van der Waals surface area contributed by atoms with Gasteiger partial charge in [0.25, 0.3) is 0 Å². The molecule has 0 heterocycles. The zero-order valence-electron chi connectivity index (χ0n) is 33.9. The molecule has 266 valence electrons. The average molecular weight is 691 g/mol. The molecule has 3 aliphatic carbocycles. The van der Waals surface area contributed by atoms with Crippen molar-refractivity contribution >= 4 is 0 Å². The van der Waals surface area contributed by atoms with Crippen LogP contribution in [0.15, 0.2) is 109 Å². The average Bonchev–Trinajstić information content (AvgIpc) is 3.58. The molecule has 0 unspecified atom stereocenters. The summed E-state index contributed by atoms with van der Waals surface area (Å²) in [6.07, 6.45) is 0. The van der Waals surface area contributed by atoms with Gasteiger partial charge in [-0.25, -0.2) is 0 Å². The molecule has 0 aromatic heterocycles. The second-order valence-corrected chi connectivity index (χ2v) is 19.9. The van der Waals surface area contributed by atoms with Gasteiger partial charge in [0, 0.05) is 16.2 Å². The van der Waals surface area contributed by atoms with Crippen LogP contribution in [-0.4, -0.2) is 0 Å². The van der Waals surface area contributed by atoms with Crippen LogP contribution in [-0.2, 0) is 27.1 Å². The Balaban J connectivity index is 1.06. The van der Waals surface area contributed by atoms with E-state index in [0.29, 0.717) is 0 Å². The summed E-state index contributed by atoms with van der Waals surface area (Å²) in [5, 5.41) is 0. The smallest absolute Gasteiger partial charge is 0.0159 e. The molecule has 0 radical (unpaired) electrons. The summed E-state index contributed by atoms with van der Waals surface area (Å²) in [6, 6.07) is 43.1. The molecule has 0 saturated heterocycles. The Kier molecular flexibility index (Phi) is 6.90. The molecule has 0 amide bonds. The third-order valence-corrected chi connectivity index (χ3v) is 13.4. The van der Waals surface area contributed by atoms with Crippen LogP contribution < -0.4 is 0 Å². The van der Waals surface area contributed by atoms with Crippen LogP contribution in [0.1, 0.15) is 128 Å². The van der Waals surface area contributed by atoms with Gasteiger partial charge in [0.05, 0.1) is 0 Å². The molecule has 0 atom stereocenters. The summed E-state index contributed by atoms with van der Waals surface area (Å²) in [5.74, 6) is 0. The van der Waals surface area contributed by atoms with E-state index < -0.39 is 0 Å². The van der Waals surface area contributed by atoms with Gasteiger partial charge in [-0.05, 0) is 135 Å². The summed E-state index contributed by atoms with van der Waals surface area (Å²) in [4.78, 5) is 0. The molecule has 6 aromatic rings. The van der Waals surface area contributed by atoms with Crippen molar-refractivity contribution in [1.82, 2.24) is 0 Å². The fourth-order valence-electron chi connectivity index (χ4n) is 9.86. The van der Waals surface area contributed by atoms with Crippen LogP contribution in [0.4, 0.5) is 0 Å². The van der Waals surface area contributed by atoms with Crippen LogP contribution in [0, 0.1) is 0 Å². The highest BCUT2D eigenvalue weighted by molar-refractivity contribution is 5.89. The highest BCUT2D eigenvalue weighted by atomic mass is 14.4. The van der Waals surface area contributed by atoms with Crippen molar-refractivity contribution in [1.29, 1.82) is 0 Å². The lowest BCUT2D eigenvalue weighted by atomic mass is 9.78. The molecular weight excluding hydrogens is 637 g/mol. The maximum atomic E-state index is 2.48. The summed E-state index contributed by atoms with van der Waals surface area (Å²) in [7, 11) is 0. The number of rotatable bonds is 2. The van der Waals surface area contributed by atoms with Crippen molar-refractivity contribution in [3.63, 3.8) is 0 Å². The van der Waals surface area contributed by atoms with E-state index in [2.05, 4.69) is 192 Å². The first-order chi connectivity index (χ1) is 24.8. The monoisotopic (exact) mass is 690 g/mol. The maximum Gasteiger partial charge on any atom is 0.0159 e. The third-order valence-electron chi connectivity index (χ3n) is 13.4. The summed E-state index contributed by atoms with van der Waals surface area (Å²) in [6.45, 7) is 28.3. The summed E-state index contributed by atoms with van der Waals surface area (Å²) < 4.78 is 0. The van der Waals surface area contributed by atoms with Gasteiger partial charge in [0.1, 0.15) is 0 Å². The molecule has 0 aliphatic heterocycles. The van der Waals surface area contributed by atoms with Crippen LogP contribution in [0.3, 0.4) is 0 Å². The van der Waals surface area contributed by atoms with Crippen LogP contribution in [0.25, 0.3) is 55.6 Å². The Morgan fingerprint density at radius 3 is 0.717 bits per heavy atom. The van der Waals surface area contributed by atoms with Gasteiger partial charge in [-0.15, -0.1) is 0 Å². The Hall–Kier alpha value is -4.68. The molecule has 0 spiro atoms. The SMILES string of the molecule is CC(C)(C)c1ccc2c(c1)C(C)(C)c1cc(-c3ccc4c(c3)C(C)(C)c3cc(-c5ccc6c(c5)C(C)(C)c5cc(C(C)(C)C)ccc5-6)ccc3-4)ccc1-2. The lowest BCUT2D eigenvalue weighted by Crippen LogP contribution is -2.17. The van der Waals surface area contributed by atoms with E-state index in [0.717, 1.165) is 0 Å². The molecule has 0 nitrogen and oxygen atoms in total. The van der Waals surface area contributed by atoms with E-state index in [9.17, 15) is 0 Å². The molecule has 0 fully saturated rings.